The van der Waals surface area contributed by atoms with Crippen LogP contribution in [-0.4, -0.2) is 28.0 Å². The van der Waals surface area contributed by atoms with E-state index in [1.54, 1.807) is 6.92 Å². The average Bonchev–Trinajstić information content (AvgIpc) is 3.29. The first-order valence-corrected chi connectivity index (χ1v) is 17.7. The topological polar surface area (TPSA) is 60.4 Å². The number of hydrogen-bond acceptors (Lipinski definition) is 4. The van der Waals surface area contributed by atoms with Crippen molar-refractivity contribution in [3.63, 3.8) is 0 Å². The second kappa shape index (κ2) is 13.4. The molecule has 0 aliphatic heterocycles. The van der Waals surface area contributed by atoms with Gasteiger partial charge in [0.25, 0.3) is 0 Å². The summed E-state index contributed by atoms with van der Waals surface area (Å²) in [4.78, 5) is 36.2. The van der Waals surface area contributed by atoms with E-state index in [-0.39, 0.29) is 34.3 Å². The first-order valence-electron chi connectivity index (χ1n) is 16.1. The van der Waals surface area contributed by atoms with Gasteiger partial charge in [0.15, 0.2) is 17.2 Å². The molecule has 2 saturated carbocycles. The Balaban J connectivity index is 0.000000200. The minimum atomic E-state index is -0.990. The van der Waals surface area contributed by atoms with E-state index in [2.05, 4.69) is 26.8 Å². The molecule has 7 atom stereocenters. The standard InChI is InChI=1S/C24H32O4.C14H10Cl4/c1-14-12-18-19(22(4)9-6-17(27)13-21(14)22)7-10-23(5)20(18)8-11-24(23,15(2)25)28-16(3)26;15-10-7-5-9(6-8-10)13(14(17)18)11-3-1-2-4-12(11)16/h12-13,18-20H,6-11H2,1-5H3;1-8,13-14H/t18-,19+,20+,22-,23+,24+;/m1./s1. The predicted molar refractivity (Wildman–Crippen MR) is 187 cm³/mol. The summed E-state index contributed by atoms with van der Waals surface area (Å²) in [6.45, 7) is 9.63. The van der Waals surface area contributed by atoms with Gasteiger partial charge in [-0.15, -0.1) is 23.2 Å². The molecule has 0 aromatic heterocycles. The van der Waals surface area contributed by atoms with Crippen LogP contribution >= 0.6 is 46.4 Å². The third-order valence-electron chi connectivity index (χ3n) is 11.6. The molecule has 0 bridgehead atoms. The van der Waals surface area contributed by atoms with Crippen LogP contribution in [0, 0.1) is 28.6 Å². The molecule has 0 N–H and O–H groups in total. The molecule has 0 spiro atoms. The van der Waals surface area contributed by atoms with Crippen LogP contribution in [0.3, 0.4) is 0 Å². The number of carbonyl (C=O) groups excluding carboxylic acids is 3. The number of alkyl halides is 2. The lowest BCUT2D eigenvalue weighted by molar-refractivity contribution is -0.185. The molecule has 2 aromatic rings. The van der Waals surface area contributed by atoms with Crippen LogP contribution in [0.25, 0.3) is 0 Å². The molecule has 0 radical (unpaired) electrons. The first kappa shape index (κ1) is 35.2. The normalized spacial score (nSPS) is 32.1. The highest BCUT2D eigenvalue weighted by Crippen LogP contribution is 2.67. The van der Waals surface area contributed by atoms with Crippen molar-refractivity contribution < 1.29 is 19.1 Å². The van der Waals surface area contributed by atoms with Gasteiger partial charge in [-0.2, -0.15) is 0 Å². The number of fused-ring (bicyclic) bond motifs is 5. The summed E-state index contributed by atoms with van der Waals surface area (Å²) in [7, 11) is 0. The Morgan fingerprint density at radius 1 is 0.913 bits per heavy atom. The first-order chi connectivity index (χ1) is 21.6. The monoisotopic (exact) mass is 702 g/mol. The third-order valence-corrected chi connectivity index (χ3v) is 12.7. The van der Waals surface area contributed by atoms with E-state index in [1.165, 1.54) is 18.1 Å². The van der Waals surface area contributed by atoms with Gasteiger partial charge in [-0.05, 0) is 110 Å². The van der Waals surface area contributed by atoms with Crippen molar-refractivity contribution in [3.8, 4) is 0 Å². The summed E-state index contributed by atoms with van der Waals surface area (Å²) < 4.78 is 5.82. The van der Waals surface area contributed by atoms with E-state index in [1.807, 2.05) is 54.6 Å². The highest BCUT2D eigenvalue weighted by Gasteiger charge is 2.67. The summed E-state index contributed by atoms with van der Waals surface area (Å²) in [5.74, 6) is 0.861. The maximum absolute atomic E-state index is 12.8. The molecular weight excluding hydrogens is 662 g/mol. The van der Waals surface area contributed by atoms with E-state index >= 15 is 0 Å². The Kier molecular flexibility index (Phi) is 10.3. The van der Waals surface area contributed by atoms with E-state index in [0.717, 1.165) is 36.8 Å². The van der Waals surface area contributed by atoms with Gasteiger partial charge in [-0.25, -0.2) is 0 Å². The molecule has 46 heavy (non-hydrogen) atoms. The number of benzene rings is 2. The SMILES string of the molecule is CC(=O)O[C@]1(C(C)=O)CC[C@H]2[C@@H]3C=C(C)C4=CC(=O)CC[C@]4(C)[C@H]3CC[C@@]21C.Clc1ccc(C(c2ccccc2Cl)C(Cl)Cl)cc1. The van der Waals surface area contributed by atoms with Crippen LogP contribution in [0.1, 0.15) is 90.2 Å². The summed E-state index contributed by atoms with van der Waals surface area (Å²) in [5, 5.41) is 1.33. The van der Waals surface area contributed by atoms with Gasteiger partial charge in [0.2, 0.25) is 0 Å². The molecule has 6 rings (SSSR count). The van der Waals surface area contributed by atoms with E-state index in [0.29, 0.717) is 40.6 Å². The van der Waals surface area contributed by atoms with Crippen LogP contribution < -0.4 is 0 Å². The molecule has 0 saturated heterocycles. The second-order valence-corrected chi connectivity index (χ2v) is 15.9. The maximum atomic E-state index is 12.8. The zero-order valence-electron chi connectivity index (χ0n) is 27.0. The second-order valence-electron chi connectivity index (χ2n) is 13.9. The number of ether oxygens (including phenoxy) is 1. The number of Topliss-reactive ketones (excluding diaryl/α,β-unsaturated/α-hetero) is 1. The van der Waals surface area contributed by atoms with Gasteiger partial charge in [-0.3, -0.25) is 14.4 Å². The Labute approximate surface area is 292 Å². The number of hydrogen-bond donors (Lipinski definition) is 0. The average molecular weight is 705 g/mol. The van der Waals surface area contributed by atoms with Gasteiger partial charge >= 0.3 is 5.97 Å². The number of esters is 1. The Morgan fingerprint density at radius 2 is 1.57 bits per heavy atom. The van der Waals surface area contributed by atoms with Crippen molar-refractivity contribution in [1.82, 2.24) is 0 Å². The van der Waals surface area contributed by atoms with Gasteiger partial charge in [-0.1, -0.05) is 79.0 Å². The number of carbonyl (C=O) groups is 3. The fourth-order valence-electron chi connectivity index (χ4n) is 9.34. The molecule has 4 aliphatic carbocycles. The minimum Gasteiger partial charge on any atom is -0.451 e. The van der Waals surface area contributed by atoms with Gasteiger partial charge in [0.05, 0.1) is 0 Å². The number of ketones is 2. The van der Waals surface area contributed by atoms with E-state index in [9.17, 15) is 14.4 Å². The Bertz CT molecular complexity index is 1580. The van der Waals surface area contributed by atoms with Crippen molar-refractivity contribution in [3.05, 3.63) is 93.0 Å². The van der Waals surface area contributed by atoms with Crippen LogP contribution in [0.15, 0.2) is 71.8 Å². The fraction of sp³-hybridized carbons (Fsp3) is 0.500. The summed E-state index contributed by atoms with van der Waals surface area (Å²) >= 11 is 24.3. The largest absolute Gasteiger partial charge is 0.451 e. The van der Waals surface area contributed by atoms with Crippen LogP contribution in [0.4, 0.5) is 0 Å². The van der Waals surface area contributed by atoms with E-state index in [4.69, 9.17) is 51.1 Å². The number of halogens is 4. The Morgan fingerprint density at radius 3 is 2.17 bits per heavy atom. The third kappa shape index (κ3) is 6.13. The predicted octanol–water partition coefficient (Wildman–Crippen LogP) is 10.5. The molecule has 4 aliphatic rings. The van der Waals surface area contributed by atoms with Crippen LogP contribution in [0.5, 0.6) is 0 Å². The molecular formula is C38H42Cl4O4. The quantitative estimate of drug-likeness (QED) is 0.230. The molecule has 0 amide bonds. The maximum Gasteiger partial charge on any atom is 0.303 e. The van der Waals surface area contributed by atoms with Crippen molar-refractivity contribution in [2.75, 3.05) is 0 Å². The summed E-state index contributed by atoms with van der Waals surface area (Å²) in [5.41, 5.74) is 3.05. The Hall–Kier alpha value is -2.11. The zero-order valence-corrected chi connectivity index (χ0v) is 30.1. The van der Waals surface area contributed by atoms with Crippen molar-refractivity contribution in [1.29, 1.82) is 0 Å². The molecule has 1 unspecified atom stereocenters. The lowest BCUT2D eigenvalue weighted by Gasteiger charge is -2.58. The molecule has 246 valence electrons. The van der Waals surface area contributed by atoms with Gasteiger partial charge < -0.3 is 4.74 Å². The fourth-order valence-corrected chi connectivity index (χ4v) is 10.3. The molecule has 8 heteroatoms. The van der Waals surface area contributed by atoms with Crippen molar-refractivity contribution in [2.45, 2.75) is 89.5 Å². The summed E-state index contributed by atoms with van der Waals surface area (Å²) in [6, 6.07) is 15.0. The lowest BCUT2D eigenvalue weighted by Crippen LogP contribution is -2.58. The molecule has 4 nitrogen and oxygen atoms in total. The smallest absolute Gasteiger partial charge is 0.303 e. The highest BCUT2D eigenvalue weighted by atomic mass is 35.5. The summed E-state index contributed by atoms with van der Waals surface area (Å²) in [6.07, 6.45) is 9.20. The number of allylic oxidation sites excluding steroid dienone is 4. The van der Waals surface area contributed by atoms with Crippen LogP contribution in [0.2, 0.25) is 10.0 Å². The number of rotatable bonds is 5. The molecule has 2 aromatic carbocycles. The van der Waals surface area contributed by atoms with Crippen molar-refractivity contribution >= 4 is 63.9 Å². The molecule has 2 fully saturated rings. The minimum absolute atomic E-state index is 0.0160. The highest BCUT2D eigenvalue weighted by molar-refractivity contribution is 6.45. The van der Waals surface area contributed by atoms with Gasteiger partial charge in [0.1, 0.15) is 4.84 Å². The van der Waals surface area contributed by atoms with Crippen LogP contribution in [-0.2, 0) is 19.1 Å². The van der Waals surface area contributed by atoms with E-state index < -0.39 is 10.4 Å². The van der Waals surface area contributed by atoms with Crippen molar-refractivity contribution in [2.24, 2.45) is 28.6 Å². The zero-order chi connectivity index (χ0) is 33.6. The molecule has 0 heterocycles. The lowest BCUT2D eigenvalue weighted by atomic mass is 9.47. The van der Waals surface area contributed by atoms with Gasteiger partial charge in [0, 0.05) is 34.7 Å².